The zero-order chi connectivity index (χ0) is 11.7. The predicted octanol–water partition coefficient (Wildman–Crippen LogP) is 1.15. The molecule has 0 spiro atoms. The van der Waals surface area contributed by atoms with E-state index in [4.69, 9.17) is 5.26 Å². The predicted molar refractivity (Wildman–Crippen MR) is 68.3 cm³/mol. The van der Waals surface area contributed by atoms with Crippen LogP contribution >= 0.6 is 0 Å². The zero-order valence-corrected chi connectivity index (χ0v) is 9.74. The molecule has 1 aromatic rings. The van der Waals surface area contributed by atoms with Crippen LogP contribution in [0.2, 0.25) is 0 Å². The average Bonchev–Trinajstić information content (AvgIpc) is 2.91. The molecule has 0 aromatic heterocycles. The molecule has 3 rings (SSSR count). The molecule has 0 radical (unpaired) electrons. The fourth-order valence-corrected chi connectivity index (χ4v) is 2.70. The summed E-state index contributed by atoms with van der Waals surface area (Å²) in [6, 6.07) is 8.69. The Labute approximate surface area is 101 Å². The number of anilines is 2. The number of nitrogens with zero attached hydrogens (tertiary/aromatic N) is 2. The van der Waals surface area contributed by atoms with Gasteiger partial charge in [-0.15, -0.1) is 0 Å². The Morgan fingerprint density at radius 2 is 2.29 bits per heavy atom. The van der Waals surface area contributed by atoms with Gasteiger partial charge in [0.15, 0.2) is 0 Å². The first kappa shape index (κ1) is 10.4. The van der Waals surface area contributed by atoms with E-state index in [2.05, 4.69) is 21.6 Å². The van der Waals surface area contributed by atoms with Crippen molar-refractivity contribution in [3.05, 3.63) is 23.8 Å². The lowest BCUT2D eigenvalue weighted by molar-refractivity contribution is 0.632. The van der Waals surface area contributed by atoms with E-state index in [0.29, 0.717) is 6.04 Å². The first-order valence-corrected chi connectivity index (χ1v) is 6.14. The van der Waals surface area contributed by atoms with Crippen molar-refractivity contribution in [2.45, 2.75) is 12.5 Å². The SMILES string of the molecule is N#Cc1ccc2c(c1)N(C1CCNC1)CCN2. The minimum absolute atomic E-state index is 0.574. The van der Waals surface area contributed by atoms with E-state index in [0.717, 1.165) is 37.4 Å². The Kier molecular flexibility index (Phi) is 2.62. The highest BCUT2D eigenvalue weighted by Crippen LogP contribution is 2.32. The molecule has 2 aliphatic rings. The molecule has 4 heteroatoms. The molecule has 1 aromatic carbocycles. The van der Waals surface area contributed by atoms with Crippen LogP contribution in [0.5, 0.6) is 0 Å². The number of hydrogen-bond donors (Lipinski definition) is 2. The normalized spacial score (nSPS) is 22.8. The first-order chi connectivity index (χ1) is 8.38. The molecule has 2 aliphatic heterocycles. The lowest BCUT2D eigenvalue weighted by Gasteiger charge is -2.36. The summed E-state index contributed by atoms with van der Waals surface area (Å²) in [6.45, 7) is 4.15. The fourth-order valence-electron chi connectivity index (χ4n) is 2.70. The van der Waals surface area contributed by atoms with Crippen molar-refractivity contribution in [2.24, 2.45) is 0 Å². The molecule has 17 heavy (non-hydrogen) atoms. The Hall–Kier alpha value is -1.73. The molecule has 0 amide bonds. The van der Waals surface area contributed by atoms with Crippen molar-refractivity contribution in [1.29, 1.82) is 5.26 Å². The monoisotopic (exact) mass is 228 g/mol. The van der Waals surface area contributed by atoms with E-state index >= 15 is 0 Å². The van der Waals surface area contributed by atoms with Gasteiger partial charge in [0.2, 0.25) is 0 Å². The molecule has 88 valence electrons. The lowest BCUT2D eigenvalue weighted by atomic mass is 10.1. The Balaban J connectivity index is 1.97. The van der Waals surface area contributed by atoms with Crippen LogP contribution in [0.1, 0.15) is 12.0 Å². The van der Waals surface area contributed by atoms with E-state index in [1.807, 2.05) is 18.2 Å². The van der Waals surface area contributed by atoms with Crippen molar-refractivity contribution >= 4 is 11.4 Å². The smallest absolute Gasteiger partial charge is 0.0992 e. The summed E-state index contributed by atoms with van der Waals surface area (Å²) in [6.07, 6.45) is 1.19. The van der Waals surface area contributed by atoms with E-state index in [9.17, 15) is 0 Å². The maximum Gasteiger partial charge on any atom is 0.0992 e. The quantitative estimate of drug-likeness (QED) is 0.757. The summed E-state index contributed by atoms with van der Waals surface area (Å²) in [5.41, 5.74) is 3.08. The molecule has 1 fully saturated rings. The Morgan fingerprint density at radius 3 is 3.06 bits per heavy atom. The maximum atomic E-state index is 8.99. The van der Waals surface area contributed by atoms with Gasteiger partial charge in [-0.2, -0.15) is 5.26 Å². The molecule has 1 saturated heterocycles. The van der Waals surface area contributed by atoms with Gasteiger partial charge in [0.1, 0.15) is 0 Å². The molecule has 2 heterocycles. The van der Waals surface area contributed by atoms with Gasteiger partial charge in [0.05, 0.1) is 23.0 Å². The second kappa shape index (κ2) is 4.27. The minimum Gasteiger partial charge on any atom is -0.382 e. The number of nitriles is 1. The van der Waals surface area contributed by atoms with Crippen LogP contribution in [0.25, 0.3) is 0 Å². The summed E-state index contributed by atoms with van der Waals surface area (Å²) in [5, 5.41) is 15.8. The summed E-state index contributed by atoms with van der Waals surface area (Å²) in [4.78, 5) is 2.44. The van der Waals surface area contributed by atoms with Crippen molar-refractivity contribution in [3.63, 3.8) is 0 Å². The number of rotatable bonds is 1. The highest BCUT2D eigenvalue weighted by atomic mass is 15.2. The van der Waals surface area contributed by atoms with Crippen molar-refractivity contribution in [3.8, 4) is 6.07 Å². The van der Waals surface area contributed by atoms with Gasteiger partial charge >= 0.3 is 0 Å². The van der Waals surface area contributed by atoms with Crippen LogP contribution in [-0.4, -0.2) is 32.2 Å². The fraction of sp³-hybridized carbons (Fsp3) is 0.462. The first-order valence-electron chi connectivity index (χ1n) is 6.14. The van der Waals surface area contributed by atoms with Crippen LogP contribution in [0, 0.1) is 11.3 Å². The molecular formula is C13H16N4. The third kappa shape index (κ3) is 1.83. The third-order valence-corrected chi connectivity index (χ3v) is 3.58. The second-order valence-corrected chi connectivity index (χ2v) is 4.61. The summed E-state index contributed by atoms with van der Waals surface area (Å²) in [5.74, 6) is 0. The summed E-state index contributed by atoms with van der Waals surface area (Å²) < 4.78 is 0. The molecular weight excluding hydrogens is 212 g/mol. The second-order valence-electron chi connectivity index (χ2n) is 4.61. The van der Waals surface area contributed by atoms with Gasteiger partial charge in [-0.05, 0) is 31.2 Å². The van der Waals surface area contributed by atoms with Gasteiger partial charge in [0.25, 0.3) is 0 Å². The van der Waals surface area contributed by atoms with E-state index in [1.165, 1.54) is 12.1 Å². The molecule has 1 unspecified atom stereocenters. The molecule has 0 aliphatic carbocycles. The molecule has 2 N–H and O–H groups in total. The van der Waals surface area contributed by atoms with Crippen LogP contribution in [0.15, 0.2) is 18.2 Å². The standard InChI is InChI=1S/C13H16N4/c14-8-10-1-2-12-13(7-10)17(6-5-16-12)11-3-4-15-9-11/h1-2,7,11,15-16H,3-6,9H2. The van der Waals surface area contributed by atoms with Gasteiger partial charge in [-0.3, -0.25) is 0 Å². The number of nitrogens with one attached hydrogen (secondary N) is 2. The van der Waals surface area contributed by atoms with Crippen molar-refractivity contribution < 1.29 is 0 Å². The number of hydrogen-bond acceptors (Lipinski definition) is 4. The number of benzene rings is 1. The zero-order valence-electron chi connectivity index (χ0n) is 9.74. The van der Waals surface area contributed by atoms with Gasteiger partial charge in [-0.25, -0.2) is 0 Å². The van der Waals surface area contributed by atoms with E-state index in [-0.39, 0.29) is 0 Å². The Morgan fingerprint density at radius 1 is 1.35 bits per heavy atom. The maximum absolute atomic E-state index is 8.99. The van der Waals surface area contributed by atoms with Gasteiger partial charge in [-0.1, -0.05) is 0 Å². The van der Waals surface area contributed by atoms with E-state index < -0.39 is 0 Å². The van der Waals surface area contributed by atoms with Crippen molar-refractivity contribution in [1.82, 2.24) is 5.32 Å². The minimum atomic E-state index is 0.574. The van der Waals surface area contributed by atoms with Crippen LogP contribution in [-0.2, 0) is 0 Å². The third-order valence-electron chi connectivity index (χ3n) is 3.58. The molecule has 0 saturated carbocycles. The lowest BCUT2D eigenvalue weighted by Crippen LogP contribution is -2.43. The molecule has 4 nitrogen and oxygen atoms in total. The summed E-state index contributed by atoms with van der Waals surface area (Å²) >= 11 is 0. The van der Waals surface area contributed by atoms with Gasteiger partial charge < -0.3 is 15.5 Å². The van der Waals surface area contributed by atoms with Crippen LogP contribution in [0.4, 0.5) is 11.4 Å². The number of fused-ring (bicyclic) bond motifs is 1. The molecule has 1 atom stereocenters. The van der Waals surface area contributed by atoms with Crippen LogP contribution in [0.3, 0.4) is 0 Å². The largest absolute Gasteiger partial charge is 0.382 e. The average molecular weight is 228 g/mol. The van der Waals surface area contributed by atoms with Gasteiger partial charge in [0, 0.05) is 25.7 Å². The molecule has 0 bridgehead atoms. The van der Waals surface area contributed by atoms with Crippen molar-refractivity contribution in [2.75, 3.05) is 36.4 Å². The highest BCUT2D eigenvalue weighted by molar-refractivity contribution is 5.74. The van der Waals surface area contributed by atoms with Crippen LogP contribution < -0.4 is 15.5 Å². The Bertz CT molecular complexity index is 457. The van der Waals surface area contributed by atoms with E-state index in [1.54, 1.807) is 0 Å². The highest BCUT2D eigenvalue weighted by Gasteiger charge is 2.26. The summed E-state index contributed by atoms with van der Waals surface area (Å²) in [7, 11) is 0. The topological polar surface area (TPSA) is 51.1 Å².